The first-order chi connectivity index (χ1) is 13.3. The maximum atomic E-state index is 13.3. The number of nitrogens with zero attached hydrogens (tertiary/aromatic N) is 1. The maximum Gasteiger partial charge on any atom is 0.208 e. The molecule has 141 valence electrons. The Labute approximate surface area is 163 Å². The fourth-order valence-corrected chi connectivity index (χ4v) is 5.02. The van der Waals surface area contributed by atoms with Gasteiger partial charge >= 0.3 is 0 Å². The van der Waals surface area contributed by atoms with Crippen LogP contribution in [0, 0.1) is 6.92 Å². The number of rotatable bonds is 3. The number of hydrogen-bond donors (Lipinski definition) is 0. The van der Waals surface area contributed by atoms with Crippen LogP contribution < -0.4 is 5.06 Å². The van der Waals surface area contributed by atoms with Crippen molar-refractivity contribution < 1.29 is 18.4 Å². The van der Waals surface area contributed by atoms with Crippen molar-refractivity contribution in [1.82, 2.24) is 0 Å². The van der Waals surface area contributed by atoms with Crippen LogP contribution in [0.15, 0.2) is 82.6 Å². The molecule has 3 aromatic carbocycles. The first-order valence-corrected chi connectivity index (χ1v) is 10.3. The van der Waals surface area contributed by atoms with Crippen molar-refractivity contribution in [1.29, 1.82) is 0 Å². The Hall–Kier alpha value is -2.96. The fraction of sp³-hybridized carbons (Fsp3) is 0.136. The molecule has 0 amide bonds. The molecular weight excluding hydrogens is 374 g/mol. The van der Waals surface area contributed by atoms with Crippen LogP contribution in [0.2, 0.25) is 0 Å². The van der Waals surface area contributed by atoms with Gasteiger partial charge in [0.15, 0.2) is 11.3 Å². The van der Waals surface area contributed by atoms with E-state index in [0.29, 0.717) is 10.6 Å². The van der Waals surface area contributed by atoms with Crippen LogP contribution in [0.1, 0.15) is 28.4 Å². The molecule has 5 nitrogen and oxygen atoms in total. The van der Waals surface area contributed by atoms with Crippen molar-refractivity contribution in [2.45, 2.75) is 29.2 Å². The smallest absolute Gasteiger partial charge is 0.208 e. The summed E-state index contributed by atoms with van der Waals surface area (Å²) in [6, 6.07) is 19.5. The van der Waals surface area contributed by atoms with E-state index in [1.165, 1.54) is 37.3 Å². The first-order valence-electron chi connectivity index (χ1n) is 8.80. The van der Waals surface area contributed by atoms with Gasteiger partial charge in [-0.15, -0.1) is 0 Å². The summed E-state index contributed by atoms with van der Waals surface area (Å²) in [5.41, 5.74) is -0.0453. The van der Waals surface area contributed by atoms with Gasteiger partial charge in [-0.3, -0.25) is 4.79 Å². The van der Waals surface area contributed by atoms with Crippen molar-refractivity contribution in [3.8, 4) is 0 Å². The molecule has 1 aliphatic rings. The summed E-state index contributed by atoms with van der Waals surface area (Å²) in [6.45, 7) is 3.39. The van der Waals surface area contributed by atoms with E-state index in [9.17, 15) is 18.4 Å². The molecule has 1 aliphatic heterocycles. The molecule has 3 aromatic rings. The highest BCUT2D eigenvalue weighted by molar-refractivity contribution is 7.91. The van der Waals surface area contributed by atoms with Crippen molar-refractivity contribution in [3.05, 3.63) is 89.5 Å². The number of hydroxylamine groups is 1. The number of ketones is 1. The summed E-state index contributed by atoms with van der Waals surface area (Å²) in [5, 5.41) is 13.9. The predicted molar refractivity (Wildman–Crippen MR) is 104 cm³/mol. The largest absolute Gasteiger partial charge is 0.291 e. The van der Waals surface area contributed by atoms with Gasteiger partial charge in [0, 0.05) is 5.56 Å². The quantitative estimate of drug-likeness (QED) is 0.673. The van der Waals surface area contributed by atoms with Crippen LogP contribution in [0.25, 0.3) is 0 Å². The number of benzene rings is 3. The summed E-state index contributed by atoms with van der Waals surface area (Å²) in [5.74, 6) is -0.412. The lowest BCUT2D eigenvalue weighted by molar-refractivity contribution is 0.0665. The van der Waals surface area contributed by atoms with Crippen molar-refractivity contribution in [2.75, 3.05) is 5.06 Å². The molecule has 0 aromatic heterocycles. The Morgan fingerprint density at radius 3 is 2.14 bits per heavy atom. The molecule has 0 bridgehead atoms. The summed E-state index contributed by atoms with van der Waals surface area (Å²) in [7, 11) is -3.96. The second-order valence-corrected chi connectivity index (χ2v) is 8.95. The van der Waals surface area contributed by atoms with Crippen molar-refractivity contribution in [3.63, 3.8) is 0 Å². The second-order valence-electron chi connectivity index (χ2n) is 7.03. The number of carbonyl (C=O) groups excluding carboxylic acids is 1. The molecule has 0 spiro atoms. The number of para-hydroxylation sites is 1. The third kappa shape index (κ3) is 2.49. The van der Waals surface area contributed by atoms with Gasteiger partial charge in [0.05, 0.1) is 15.5 Å². The minimum absolute atomic E-state index is 0.0839. The monoisotopic (exact) mass is 392 g/mol. The van der Waals surface area contributed by atoms with E-state index in [1.54, 1.807) is 42.5 Å². The summed E-state index contributed by atoms with van der Waals surface area (Å²) >= 11 is 0. The number of aryl methyl sites for hydroxylation is 1. The molecule has 0 saturated carbocycles. The van der Waals surface area contributed by atoms with E-state index in [1.807, 2.05) is 6.92 Å². The molecule has 0 fully saturated rings. The number of sulfone groups is 1. The third-order valence-corrected chi connectivity index (χ3v) is 7.05. The molecule has 28 heavy (non-hydrogen) atoms. The van der Waals surface area contributed by atoms with Gasteiger partial charge in [-0.1, -0.05) is 59.3 Å². The SMILES string of the molecule is Cc1ccc(S(=O)(=O)c2cccc3c2N([O])C(C)(c2ccccc2)C3=O)cc1. The number of fused-ring (bicyclic) bond motifs is 1. The highest BCUT2D eigenvalue weighted by Crippen LogP contribution is 2.47. The highest BCUT2D eigenvalue weighted by Gasteiger charge is 2.52. The predicted octanol–water partition coefficient (Wildman–Crippen LogP) is 4.09. The van der Waals surface area contributed by atoms with E-state index >= 15 is 0 Å². The van der Waals surface area contributed by atoms with Crippen molar-refractivity contribution >= 4 is 21.3 Å². The second kappa shape index (κ2) is 6.29. The van der Waals surface area contributed by atoms with Gasteiger partial charge < -0.3 is 0 Å². The minimum atomic E-state index is -3.96. The normalized spacial score (nSPS) is 19.0. The Morgan fingerprint density at radius 2 is 1.50 bits per heavy atom. The Kier molecular flexibility index (Phi) is 4.14. The molecule has 6 heteroatoms. The number of Topliss-reactive ketones (excluding diaryl/α,β-unsaturated/α-hetero) is 1. The van der Waals surface area contributed by atoms with Gasteiger partial charge in [-0.2, -0.15) is 0 Å². The van der Waals surface area contributed by atoms with Crippen LogP contribution in [0.4, 0.5) is 5.69 Å². The molecule has 1 atom stereocenters. The Balaban J connectivity index is 1.92. The van der Waals surface area contributed by atoms with E-state index < -0.39 is 21.2 Å². The van der Waals surface area contributed by atoms with Crippen LogP contribution in [-0.4, -0.2) is 14.2 Å². The van der Waals surface area contributed by atoms with Crippen LogP contribution in [0.5, 0.6) is 0 Å². The average molecular weight is 392 g/mol. The minimum Gasteiger partial charge on any atom is -0.291 e. The Morgan fingerprint density at radius 1 is 0.857 bits per heavy atom. The molecular formula is C22H18NO4S. The zero-order chi connectivity index (χ0) is 20.1. The molecule has 0 aliphatic carbocycles. The molecule has 0 saturated heterocycles. The van der Waals surface area contributed by atoms with Crippen LogP contribution in [0.3, 0.4) is 0 Å². The van der Waals surface area contributed by atoms with Gasteiger partial charge in [0.2, 0.25) is 9.84 Å². The molecule has 1 unspecified atom stereocenters. The molecule has 4 rings (SSSR count). The standard InChI is InChI=1S/C22H18NO4S/c1-15-11-13-17(14-12-15)28(26,27)19-10-6-9-18-20(19)23(25)22(2,21(18)24)16-7-4-3-5-8-16/h3-14H,1-2H3. The highest BCUT2D eigenvalue weighted by atomic mass is 32.2. The van der Waals surface area contributed by atoms with Crippen LogP contribution in [-0.2, 0) is 20.6 Å². The maximum absolute atomic E-state index is 13.3. The molecule has 1 heterocycles. The zero-order valence-electron chi connectivity index (χ0n) is 15.4. The lowest BCUT2D eigenvalue weighted by atomic mass is 9.87. The lowest BCUT2D eigenvalue weighted by Gasteiger charge is -2.29. The third-order valence-electron chi connectivity index (χ3n) is 5.25. The molecule has 0 N–H and O–H groups in total. The lowest BCUT2D eigenvalue weighted by Crippen LogP contribution is -2.42. The number of anilines is 1. The topological polar surface area (TPSA) is 74.3 Å². The molecule has 1 radical (unpaired) electrons. The summed E-state index contributed by atoms with van der Waals surface area (Å²) in [4.78, 5) is 13.1. The zero-order valence-corrected chi connectivity index (χ0v) is 16.2. The van der Waals surface area contributed by atoms with E-state index in [4.69, 9.17) is 0 Å². The van der Waals surface area contributed by atoms with E-state index in [0.717, 1.165) is 5.56 Å². The average Bonchev–Trinajstić information content (AvgIpc) is 2.91. The van der Waals surface area contributed by atoms with Gasteiger partial charge in [-0.25, -0.2) is 13.5 Å². The summed E-state index contributed by atoms with van der Waals surface area (Å²) in [6.07, 6.45) is 0. The fourth-order valence-electron chi connectivity index (χ4n) is 3.57. The first kappa shape index (κ1) is 18.4. The van der Waals surface area contributed by atoms with Crippen molar-refractivity contribution in [2.24, 2.45) is 0 Å². The van der Waals surface area contributed by atoms with Gasteiger partial charge in [0.1, 0.15) is 0 Å². The van der Waals surface area contributed by atoms with E-state index in [-0.39, 0.29) is 21.0 Å². The number of carbonyl (C=O) groups is 1. The van der Waals surface area contributed by atoms with E-state index in [2.05, 4.69) is 0 Å². The van der Waals surface area contributed by atoms with Crippen LogP contribution >= 0.6 is 0 Å². The van der Waals surface area contributed by atoms with Gasteiger partial charge in [0.25, 0.3) is 0 Å². The Bertz CT molecular complexity index is 1170. The van der Waals surface area contributed by atoms with Gasteiger partial charge in [-0.05, 0) is 43.7 Å². The number of hydrogen-bond acceptors (Lipinski definition) is 4. The summed E-state index contributed by atoms with van der Waals surface area (Å²) < 4.78 is 26.5.